The van der Waals surface area contributed by atoms with Gasteiger partial charge in [-0.15, -0.1) is 11.3 Å². The van der Waals surface area contributed by atoms with Crippen molar-refractivity contribution >= 4 is 23.3 Å². The van der Waals surface area contributed by atoms with Crippen LogP contribution in [0, 0.1) is 0 Å². The Morgan fingerprint density at radius 1 is 1.24 bits per heavy atom. The summed E-state index contributed by atoms with van der Waals surface area (Å²) in [6.45, 7) is 5.23. The number of thiophene rings is 1. The molecule has 0 aliphatic carbocycles. The van der Waals surface area contributed by atoms with Crippen LogP contribution in [0.5, 0.6) is 0 Å². The SMILES string of the molecule is O=C(CN1CCOC1=O)N1CCN(Cc2cccs2)CC1. The molecule has 1 aromatic heterocycles. The molecule has 0 saturated carbocycles. The number of ether oxygens (including phenoxy) is 1. The van der Waals surface area contributed by atoms with E-state index in [1.165, 1.54) is 9.78 Å². The molecule has 3 heterocycles. The van der Waals surface area contributed by atoms with E-state index in [2.05, 4.69) is 22.4 Å². The summed E-state index contributed by atoms with van der Waals surface area (Å²) in [6.07, 6.45) is -0.375. The van der Waals surface area contributed by atoms with Crippen LogP contribution in [0.25, 0.3) is 0 Å². The first-order valence-electron chi connectivity index (χ1n) is 7.16. The number of rotatable bonds is 4. The smallest absolute Gasteiger partial charge is 0.410 e. The molecule has 2 aliphatic heterocycles. The lowest BCUT2D eigenvalue weighted by molar-refractivity contribution is -0.133. The minimum absolute atomic E-state index is 0.0182. The van der Waals surface area contributed by atoms with E-state index in [4.69, 9.17) is 4.74 Å². The predicted molar refractivity (Wildman–Crippen MR) is 79.1 cm³/mol. The lowest BCUT2D eigenvalue weighted by atomic mass is 10.3. The molecule has 1 aromatic rings. The van der Waals surface area contributed by atoms with Crippen molar-refractivity contribution < 1.29 is 14.3 Å². The van der Waals surface area contributed by atoms with Crippen LogP contribution in [0.2, 0.25) is 0 Å². The molecule has 2 fully saturated rings. The van der Waals surface area contributed by atoms with Gasteiger partial charge in [0.1, 0.15) is 13.2 Å². The largest absolute Gasteiger partial charge is 0.448 e. The van der Waals surface area contributed by atoms with Gasteiger partial charge in [-0.25, -0.2) is 4.79 Å². The molecule has 21 heavy (non-hydrogen) atoms. The Hall–Kier alpha value is -1.60. The minimum Gasteiger partial charge on any atom is -0.448 e. The number of carbonyl (C=O) groups is 2. The van der Waals surface area contributed by atoms with E-state index in [-0.39, 0.29) is 18.5 Å². The Labute approximate surface area is 127 Å². The van der Waals surface area contributed by atoms with E-state index in [9.17, 15) is 9.59 Å². The van der Waals surface area contributed by atoms with Crippen LogP contribution in [-0.4, -0.2) is 72.6 Å². The molecule has 3 rings (SSSR count). The fraction of sp³-hybridized carbons (Fsp3) is 0.571. The highest BCUT2D eigenvalue weighted by atomic mass is 32.1. The Kier molecular flexibility index (Phi) is 4.40. The van der Waals surface area contributed by atoms with Gasteiger partial charge >= 0.3 is 6.09 Å². The molecular formula is C14H19N3O3S. The number of piperazine rings is 1. The first kappa shape index (κ1) is 14.3. The summed E-state index contributed by atoms with van der Waals surface area (Å²) >= 11 is 1.76. The van der Waals surface area contributed by atoms with E-state index in [0.717, 1.165) is 32.7 Å². The van der Waals surface area contributed by atoms with Crippen molar-refractivity contribution in [3.8, 4) is 0 Å². The molecule has 2 amide bonds. The number of nitrogens with zero attached hydrogens (tertiary/aromatic N) is 3. The van der Waals surface area contributed by atoms with Crippen molar-refractivity contribution in [1.29, 1.82) is 0 Å². The van der Waals surface area contributed by atoms with Gasteiger partial charge in [0.2, 0.25) is 5.91 Å². The molecule has 0 unspecified atom stereocenters. The van der Waals surface area contributed by atoms with Crippen LogP contribution in [0.4, 0.5) is 4.79 Å². The van der Waals surface area contributed by atoms with E-state index in [1.807, 2.05) is 4.90 Å². The number of amides is 2. The molecule has 7 heteroatoms. The van der Waals surface area contributed by atoms with Crippen LogP contribution in [0.3, 0.4) is 0 Å². The third-order valence-electron chi connectivity index (χ3n) is 3.86. The van der Waals surface area contributed by atoms with Crippen LogP contribution < -0.4 is 0 Å². The summed E-state index contributed by atoms with van der Waals surface area (Å²) in [4.78, 5) is 30.6. The standard InChI is InChI=1S/C14H19N3O3S/c18-13(11-17-7-8-20-14(17)19)16-5-3-15(4-6-16)10-12-2-1-9-21-12/h1-2,9H,3-8,10-11H2. The van der Waals surface area contributed by atoms with Gasteiger partial charge < -0.3 is 9.64 Å². The zero-order valence-corrected chi connectivity index (χ0v) is 12.7. The quantitative estimate of drug-likeness (QED) is 0.827. The van der Waals surface area contributed by atoms with Gasteiger partial charge in [-0.2, -0.15) is 0 Å². The fourth-order valence-electron chi connectivity index (χ4n) is 2.61. The van der Waals surface area contributed by atoms with E-state index >= 15 is 0 Å². The average molecular weight is 309 g/mol. The van der Waals surface area contributed by atoms with E-state index in [0.29, 0.717) is 13.2 Å². The highest BCUT2D eigenvalue weighted by Crippen LogP contribution is 2.14. The Morgan fingerprint density at radius 3 is 2.67 bits per heavy atom. The zero-order valence-electron chi connectivity index (χ0n) is 11.9. The maximum atomic E-state index is 12.2. The van der Waals surface area contributed by atoms with Gasteiger partial charge in [0.15, 0.2) is 0 Å². The average Bonchev–Trinajstić information content (AvgIpc) is 3.12. The molecule has 0 atom stereocenters. The lowest BCUT2D eigenvalue weighted by Crippen LogP contribution is -2.50. The number of hydrogen-bond acceptors (Lipinski definition) is 5. The van der Waals surface area contributed by atoms with Crippen molar-refractivity contribution in [2.75, 3.05) is 45.9 Å². The van der Waals surface area contributed by atoms with E-state index < -0.39 is 0 Å². The number of cyclic esters (lactones) is 1. The fourth-order valence-corrected chi connectivity index (χ4v) is 3.36. The zero-order chi connectivity index (χ0) is 14.7. The summed E-state index contributed by atoms with van der Waals surface area (Å²) in [5.41, 5.74) is 0. The third-order valence-corrected chi connectivity index (χ3v) is 4.72. The molecule has 0 aromatic carbocycles. The molecular weight excluding hydrogens is 290 g/mol. The van der Waals surface area contributed by atoms with Gasteiger partial charge in [-0.1, -0.05) is 6.07 Å². The van der Waals surface area contributed by atoms with Crippen LogP contribution in [0.15, 0.2) is 17.5 Å². The molecule has 0 spiro atoms. The molecule has 0 N–H and O–H groups in total. The second-order valence-corrected chi connectivity index (χ2v) is 6.30. The minimum atomic E-state index is -0.375. The van der Waals surface area contributed by atoms with Gasteiger partial charge in [-0.3, -0.25) is 14.6 Å². The predicted octanol–water partition coefficient (Wildman–Crippen LogP) is 0.844. The summed E-state index contributed by atoms with van der Waals surface area (Å²) in [5, 5.41) is 2.09. The van der Waals surface area contributed by atoms with Gasteiger partial charge in [0.25, 0.3) is 0 Å². The van der Waals surface area contributed by atoms with Crippen molar-refractivity contribution in [1.82, 2.24) is 14.7 Å². The van der Waals surface area contributed by atoms with Gasteiger partial charge in [0, 0.05) is 37.6 Å². The molecule has 0 radical (unpaired) electrons. The molecule has 0 bridgehead atoms. The van der Waals surface area contributed by atoms with Gasteiger partial charge in [0.05, 0.1) is 6.54 Å². The summed E-state index contributed by atoms with van der Waals surface area (Å²) in [5.74, 6) is 0.0182. The topological polar surface area (TPSA) is 53.1 Å². The molecule has 2 saturated heterocycles. The Balaban J connectivity index is 1.44. The second kappa shape index (κ2) is 6.44. The highest BCUT2D eigenvalue weighted by Gasteiger charge is 2.28. The van der Waals surface area contributed by atoms with Crippen LogP contribution in [0.1, 0.15) is 4.88 Å². The summed E-state index contributed by atoms with van der Waals surface area (Å²) in [7, 11) is 0. The molecule has 2 aliphatic rings. The van der Waals surface area contributed by atoms with Crippen molar-refractivity contribution in [2.45, 2.75) is 6.54 Å². The number of carbonyl (C=O) groups excluding carboxylic acids is 2. The Bertz CT molecular complexity index is 498. The highest BCUT2D eigenvalue weighted by molar-refractivity contribution is 7.09. The monoisotopic (exact) mass is 309 g/mol. The van der Waals surface area contributed by atoms with E-state index in [1.54, 1.807) is 11.3 Å². The van der Waals surface area contributed by atoms with Crippen molar-refractivity contribution in [3.63, 3.8) is 0 Å². The lowest BCUT2D eigenvalue weighted by Gasteiger charge is -2.35. The van der Waals surface area contributed by atoms with Gasteiger partial charge in [-0.05, 0) is 11.4 Å². The van der Waals surface area contributed by atoms with Crippen LogP contribution >= 0.6 is 11.3 Å². The van der Waals surface area contributed by atoms with Crippen molar-refractivity contribution in [3.05, 3.63) is 22.4 Å². The summed E-state index contributed by atoms with van der Waals surface area (Å²) < 4.78 is 4.84. The third kappa shape index (κ3) is 3.54. The first-order valence-corrected chi connectivity index (χ1v) is 8.04. The normalized spacial score (nSPS) is 19.9. The molecule has 114 valence electrons. The second-order valence-electron chi connectivity index (χ2n) is 5.27. The maximum absolute atomic E-state index is 12.2. The van der Waals surface area contributed by atoms with Crippen LogP contribution in [-0.2, 0) is 16.1 Å². The number of hydrogen-bond donors (Lipinski definition) is 0. The first-order chi connectivity index (χ1) is 10.2. The Morgan fingerprint density at radius 2 is 2.05 bits per heavy atom. The molecule has 6 nitrogen and oxygen atoms in total. The van der Waals surface area contributed by atoms with Crippen molar-refractivity contribution in [2.24, 2.45) is 0 Å². The summed E-state index contributed by atoms with van der Waals surface area (Å²) in [6, 6.07) is 4.20. The maximum Gasteiger partial charge on any atom is 0.410 e.